The summed E-state index contributed by atoms with van der Waals surface area (Å²) in [6.45, 7) is 0. The quantitative estimate of drug-likeness (QED) is 0.826. The number of ether oxygens (including phenoxy) is 2. The molecule has 18 heavy (non-hydrogen) atoms. The molecule has 0 saturated carbocycles. The smallest absolute Gasteiger partial charge is 0.130 e. The maximum Gasteiger partial charge on any atom is 0.130 e. The summed E-state index contributed by atoms with van der Waals surface area (Å²) >= 11 is 12.2. The minimum Gasteiger partial charge on any atom is -0.497 e. The number of methoxy groups -OCH3 is 2. The molecular weight excluding hydrogens is 271 g/mol. The van der Waals surface area contributed by atoms with Crippen LogP contribution >= 0.6 is 23.2 Å². The van der Waals surface area contributed by atoms with Gasteiger partial charge in [-0.1, -0.05) is 29.3 Å². The molecule has 0 heterocycles. The van der Waals surface area contributed by atoms with Crippen LogP contribution < -0.4 is 9.47 Å². The molecule has 0 aliphatic heterocycles. The molecule has 0 fully saturated rings. The highest BCUT2D eigenvalue weighted by Gasteiger charge is 2.12. The molecule has 0 bridgehead atoms. The summed E-state index contributed by atoms with van der Waals surface area (Å²) in [4.78, 5) is 0. The third-order valence-electron chi connectivity index (χ3n) is 2.56. The van der Waals surface area contributed by atoms with Crippen LogP contribution in [-0.4, -0.2) is 14.2 Å². The highest BCUT2D eigenvalue weighted by molar-refractivity contribution is 6.43. The Morgan fingerprint density at radius 1 is 1.06 bits per heavy atom. The van der Waals surface area contributed by atoms with Crippen LogP contribution in [0.15, 0.2) is 30.3 Å². The molecule has 2 aromatic carbocycles. The van der Waals surface area contributed by atoms with Gasteiger partial charge in [0.25, 0.3) is 0 Å². The van der Waals surface area contributed by atoms with E-state index >= 15 is 0 Å². The van der Waals surface area contributed by atoms with Gasteiger partial charge < -0.3 is 9.47 Å². The molecule has 2 aromatic rings. The Hall–Kier alpha value is -1.38. The standard InChI is InChI=1S/C14H11Cl2O2/c1-17-9-6-7-10(13(8-9)18-2)11-4-3-5-12(15)14(11)16/h3,5-8H,1-2H3. The summed E-state index contributed by atoms with van der Waals surface area (Å²) < 4.78 is 10.5. The second-order valence-corrected chi connectivity index (χ2v) is 4.37. The van der Waals surface area contributed by atoms with E-state index < -0.39 is 0 Å². The summed E-state index contributed by atoms with van der Waals surface area (Å²) in [7, 11) is 3.20. The lowest BCUT2D eigenvalue weighted by Gasteiger charge is -2.12. The molecular formula is C14H11Cl2O2. The van der Waals surface area contributed by atoms with E-state index in [9.17, 15) is 0 Å². The molecule has 0 N–H and O–H groups in total. The Balaban J connectivity index is 2.60. The predicted molar refractivity (Wildman–Crippen MR) is 73.8 cm³/mol. The van der Waals surface area contributed by atoms with Crippen molar-refractivity contribution in [2.75, 3.05) is 14.2 Å². The SMILES string of the molecule is COc1ccc(-c2[c]ccc(Cl)c2Cl)c(OC)c1. The summed E-state index contributed by atoms with van der Waals surface area (Å²) in [5.74, 6) is 1.38. The number of halogens is 2. The second-order valence-electron chi connectivity index (χ2n) is 3.58. The molecule has 0 saturated heterocycles. The molecule has 0 atom stereocenters. The normalized spacial score (nSPS) is 10.2. The Labute approximate surface area is 116 Å². The van der Waals surface area contributed by atoms with Crippen LogP contribution in [0.25, 0.3) is 11.1 Å². The first-order valence-corrected chi connectivity index (χ1v) is 6.01. The lowest BCUT2D eigenvalue weighted by Crippen LogP contribution is -1.91. The van der Waals surface area contributed by atoms with Crippen LogP contribution in [0, 0.1) is 6.07 Å². The number of hydrogen-bond acceptors (Lipinski definition) is 2. The molecule has 1 radical (unpaired) electrons. The molecule has 2 nitrogen and oxygen atoms in total. The number of rotatable bonds is 3. The summed E-state index contributed by atoms with van der Waals surface area (Å²) in [5.41, 5.74) is 1.54. The number of hydrogen-bond donors (Lipinski definition) is 0. The predicted octanol–water partition coefficient (Wildman–Crippen LogP) is 4.48. The van der Waals surface area contributed by atoms with Gasteiger partial charge in [0.05, 0.1) is 24.3 Å². The first-order chi connectivity index (χ1) is 8.67. The lowest BCUT2D eigenvalue weighted by atomic mass is 10.0. The average Bonchev–Trinajstić information content (AvgIpc) is 2.41. The third-order valence-corrected chi connectivity index (χ3v) is 3.37. The summed E-state index contributed by atoms with van der Waals surface area (Å²) in [6, 6.07) is 12.0. The van der Waals surface area contributed by atoms with E-state index in [1.54, 1.807) is 32.4 Å². The summed E-state index contributed by atoms with van der Waals surface area (Å²) in [6.07, 6.45) is 0. The van der Waals surface area contributed by atoms with Crippen LogP contribution in [-0.2, 0) is 0 Å². The van der Waals surface area contributed by atoms with Crippen molar-refractivity contribution < 1.29 is 9.47 Å². The molecule has 0 aromatic heterocycles. The maximum atomic E-state index is 6.18. The first-order valence-electron chi connectivity index (χ1n) is 5.25. The third kappa shape index (κ3) is 2.40. The lowest BCUT2D eigenvalue weighted by molar-refractivity contribution is 0.395. The van der Waals surface area contributed by atoms with Gasteiger partial charge in [0.1, 0.15) is 11.5 Å². The van der Waals surface area contributed by atoms with E-state index in [-0.39, 0.29) is 0 Å². The summed E-state index contributed by atoms with van der Waals surface area (Å²) in [5, 5.41) is 0.950. The van der Waals surface area contributed by atoms with Gasteiger partial charge in [-0.3, -0.25) is 0 Å². The Morgan fingerprint density at radius 2 is 1.83 bits per heavy atom. The van der Waals surface area contributed by atoms with Crippen LogP contribution in [0.3, 0.4) is 0 Å². The molecule has 2 rings (SSSR count). The van der Waals surface area contributed by atoms with Gasteiger partial charge in [-0.2, -0.15) is 0 Å². The zero-order valence-electron chi connectivity index (χ0n) is 9.96. The fraction of sp³-hybridized carbons (Fsp3) is 0.143. The zero-order valence-corrected chi connectivity index (χ0v) is 11.5. The van der Waals surface area contributed by atoms with Crippen molar-refractivity contribution >= 4 is 23.2 Å². The molecule has 0 amide bonds. The molecule has 4 heteroatoms. The van der Waals surface area contributed by atoms with Crippen molar-refractivity contribution in [1.29, 1.82) is 0 Å². The van der Waals surface area contributed by atoms with Crippen LogP contribution in [0.1, 0.15) is 0 Å². The van der Waals surface area contributed by atoms with Gasteiger partial charge in [0.2, 0.25) is 0 Å². The maximum absolute atomic E-state index is 6.18. The van der Waals surface area contributed by atoms with Crippen molar-refractivity contribution in [1.82, 2.24) is 0 Å². The van der Waals surface area contributed by atoms with E-state index in [2.05, 4.69) is 6.07 Å². The van der Waals surface area contributed by atoms with Crippen molar-refractivity contribution in [2.24, 2.45) is 0 Å². The van der Waals surface area contributed by atoms with Crippen molar-refractivity contribution in [3.05, 3.63) is 46.4 Å². The van der Waals surface area contributed by atoms with Crippen LogP contribution in [0.4, 0.5) is 0 Å². The van der Waals surface area contributed by atoms with Gasteiger partial charge in [-0.15, -0.1) is 0 Å². The first kappa shape index (κ1) is 13.1. The fourth-order valence-corrected chi connectivity index (χ4v) is 2.03. The fourth-order valence-electron chi connectivity index (χ4n) is 1.66. The molecule has 0 unspecified atom stereocenters. The minimum atomic E-state index is 0.461. The van der Waals surface area contributed by atoms with E-state index in [1.807, 2.05) is 12.1 Å². The Morgan fingerprint density at radius 3 is 2.50 bits per heavy atom. The van der Waals surface area contributed by atoms with E-state index in [1.165, 1.54) is 0 Å². The van der Waals surface area contributed by atoms with Crippen molar-refractivity contribution in [3.63, 3.8) is 0 Å². The van der Waals surface area contributed by atoms with Crippen molar-refractivity contribution in [3.8, 4) is 22.6 Å². The van der Waals surface area contributed by atoms with Crippen LogP contribution in [0.5, 0.6) is 11.5 Å². The molecule has 0 aliphatic rings. The molecule has 0 aliphatic carbocycles. The van der Waals surface area contributed by atoms with Gasteiger partial charge in [-0.05, 0) is 24.3 Å². The van der Waals surface area contributed by atoms with Crippen LogP contribution in [0.2, 0.25) is 10.0 Å². The van der Waals surface area contributed by atoms with E-state index in [4.69, 9.17) is 32.7 Å². The average molecular weight is 282 g/mol. The highest BCUT2D eigenvalue weighted by atomic mass is 35.5. The largest absolute Gasteiger partial charge is 0.497 e. The van der Waals surface area contributed by atoms with Crippen molar-refractivity contribution in [2.45, 2.75) is 0 Å². The zero-order chi connectivity index (χ0) is 13.1. The van der Waals surface area contributed by atoms with Gasteiger partial charge >= 0.3 is 0 Å². The minimum absolute atomic E-state index is 0.461. The Bertz CT molecular complexity index is 568. The molecule has 93 valence electrons. The van der Waals surface area contributed by atoms with E-state index in [0.717, 1.165) is 5.56 Å². The number of benzene rings is 2. The highest BCUT2D eigenvalue weighted by Crippen LogP contribution is 2.39. The topological polar surface area (TPSA) is 18.5 Å². The van der Waals surface area contributed by atoms with E-state index in [0.29, 0.717) is 27.1 Å². The second kappa shape index (κ2) is 5.51. The van der Waals surface area contributed by atoms with Gasteiger partial charge in [0, 0.05) is 17.2 Å². The Kier molecular flexibility index (Phi) is 4.00. The van der Waals surface area contributed by atoms with Gasteiger partial charge in [0.15, 0.2) is 0 Å². The monoisotopic (exact) mass is 281 g/mol. The molecule has 0 spiro atoms. The van der Waals surface area contributed by atoms with Gasteiger partial charge in [-0.25, -0.2) is 0 Å².